The lowest BCUT2D eigenvalue weighted by Crippen LogP contribution is -2.34. The molecule has 5 nitrogen and oxygen atoms in total. The van der Waals surface area contributed by atoms with Crippen LogP contribution in [0.3, 0.4) is 0 Å². The molecule has 0 aliphatic carbocycles. The van der Waals surface area contributed by atoms with Gasteiger partial charge in [0.2, 0.25) is 11.9 Å². The van der Waals surface area contributed by atoms with Crippen molar-refractivity contribution in [1.29, 1.82) is 0 Å². The number of likely N-dealkylation sites (tertiary alicyclic amines) is 1. The van der Waals surface area contributed by atoms with Crippen molar-refractivity contribution >= 4 is 22.8 Å². The maximum absolute atomic E-state index is 11.8. The van der Waals surface area contributed by atoms with E-state index in [1.807, 2.05) is 53.2 Å². The van der Waals surface area contributed by atoms with Gasteiger partial charge < -0.3 is 9.80 Å². The summed E-state index contributed by atoms with van der Waals surface area (Å²) in [4.78, 5) is 25.4. The Hall–Kier alpha value is -2.95. The van der Waals surface area contributed by atoms with Gasteiger partial charge in [0.05, 0.1) is 11.2 Å². The molecule has 0 atom stereocenters. The molecule has 0 N–H and O–H groups in total. The molecule has 132 valence electrons. The fourth-order valence-corrected chi connectivity index (χ4v) is 3.36. The molecule has 2 aromatic carbocycles. The second-order valence-electron chi connectivity index (χ2n) is 6.66. The van der Waals surface area contributed by atoms with Gasteiger partial charge >= 0.3 is 0 Å². The quantitative estimate of drug-likeness (QED) is 0.711. The van der Waals surface area contributed by atoms with E-state index in [2.05, 4.69) is 18.2 Å². The molecule has 0 saturated carbocycles. The van der Waals surface area contributed by atoms with Crippen molar-refractivity contribution in [2.45, 2.75) is 12.8 Å². The van der Waals surface area contributed by atoms with Crippen LogP contribution in [0, 0.1) is 0 Å². The third-order valence-electron chi connectivity index (χ3n) is 4.86. The molecule has 1 fully saturated rings. The number of likely N-dealkylation sites (N-methyl/N-ethyl adjacent to an activating group) is 1. The second kappa shape index (κ2) is 7.12. The number of amides is 1. The van der Waals surface area contributed by atoms with Gasteiger partial charge in [-0.15, -0.1) is 0 Å². The number of para-hydroxylation sites is 1. The lowest BCUT2D eigenvalue weighted by atomic mass is 10.1. The second-order valence-corrected chi connectivity index (χ2v) is 6.66. The molecule has 2 heterocycles. The molecule has 0 spiro atoms. The number of hydrogen-bond acceptors (Lipinski definition) is 4. The summed E-state index contributed by atoms with van der Waals surface area (Å²) in [7, 11) is 1.99. The summed E-state index contributed by atoms with van der Waals surface area (Å²) in [6, 6.07) is 18.3. The first-order chi connectivity index (χ1) is 12.7. The third-order valence-corrected chi connectivity index (χ3v) is 4.86. The largest absolute Gasteiger partial charge is 0.342 e. The minimum Gasteiger partial charge on any atom is -0.342 e. The zero-order chi connectivity index (χ0) is 17.9. The Balaban J connectivity index is 1.66. The van der Waals surface area contributed by atoms with Gasteiger partial charge in [-0.3, -0.25) is 4.79 Å². The van der Waals surface area contributed by atoms with E-state index in [1.54, 1.807) is 0 Å². The van der Waals surface area contributed by atoms with Crippen LogP contribution in [-0.4, -0.2) is 47.5 Å². The van der Waals surface area contributed by atoms with E-state index in [9.17, 15) is 4.79 Å². The summed E-state index contributed by atoms with van der Waals surface area (Å²) < 4.78 is 0. The van der Waals surface area contributed by atoms with Crippen LogP contribution < -0.4 is 4.90 Å². The minimum atomic E-state index is 0.253. The number of rotatable bonds is 5. The normalized spacial score (nSPS) is 14.2. The molecule has 1 aliphatic heterocycles. The van der Waals surface area contributed by atoms with Crippen LogP contribution in [0.15, 0.2) is 54.6 Å². The number of carbonyl (C=O) groups is 1. The highest BCUT2D eigenvalue weighted by molar-refractivity contribution is 5.93. The van der Waals surface area contributed by atoms with Crippen LogP contribution in [0.25, 0.3) is 22.2 Å². The highest BCUT2D eigenvalue weighted by Gasteiger charge is 2.20. The predicted molar refractivity (Wildman–Crippen MR) is 104 cm³/mol. The number of hydrogen-bond donors (Lipinski definition) is 0. The van der Waals surface area contributed by atoms with E-state index in [0.29, 0.717) is 18.9 Å². The van der Waals surface area contributed by atoms with E-state index in [-0.39, 0.29) is 5.91 Å². The van der Waals surface area contributed by atoms with E-state index in [1.165, 1.54) is 0 Å². The van der Waals surface area contributed by atoms with E-state index < -0.39 is 0 Å². The van der Waals surface area contributed by atoms with Crippen LogP contribution in [-0.2, 0) is 4.79 Å². The van der Waals surface area contributed by atoms with Gasteiger partial charge in [0.1, 0.15) is 0 Å². The molecule has 0 unspecified atom stereocenters. The van der Waals surface area contributed by atoms with E-state index >= 15 is 0 Å². The van der Waals surface area contributed by atoms with Crippen molar-refractivity contribution in [3.8, 4) is 11.3 Å². The van der Waals surface area contributed by atoms with Crippen molar-refractivity contribution in [3.05, 3.63) is 54.6 Å². The molecule has 1 amide bonds. The van der Waals surface area contributed by atoms with Crippen molar-refractivity contribution in [3.63, 3.8) is 0 Å². The maximum atomic E-state index is 11.8. The van der Waals surface area contributed by atoms with Gasteiger partial charge in [-0.25, -0.2) is 9.97 Å². The number of carbonyl (C=O) groups excluding carboxylic acids is 1. The Labute approximate surface area is 153 Å². The first-order valence-corrected chi connectivity index (χ1v) is 9.03. The van der Waals surface area contributed by atoms with Crippen molar-refractivity contribution in [2.24, 2.45) is 0 Å². The van der Waals surface area contributed by atoms with Crippen molar-refractivity contribution in [2.75, 3.05) is 31.6 Å². The summed E-state index contributed by atoms with van der Waals surface area (Å²) >= 11 is 0. The Morgan fingerprint density at radius 1 is 1.04 bits per heavy atom. The fourth-order valence-electron chi connectivity index (χ4n) is 3.36. The molecule has 3 aromatic rings. The lowest BCUT2D eigenvalue weighted by molar-refractivity contribution is -0.127. The summed E-state index contributed by atoms with van der Waals surface area (Å²) in [6.07, 6.45) is 1.64. The number of benzene rings is 2. The summed E-state index contributed by atoms with van der Waals surface area (Å²) in [5.74, 6) is 0.942. The average Bonchev–Trinajstić information content (AvgIpc) is 3.10. The highest BCUT2D eigenvalue weighted by atomic mass is 16.2. The Bertz CT molecular complexity index is 926. The molecule has 1 aromatic heterocycles. The topological polar surface area (TPSA) is 49.3 Å². The maximum Gasteiger partial charge on any atom is 0.226 e. The summed E-state index contributed by atoms with van der Waals surface area (Å²) in [5.41, 5.74) is 2.95. The molecule has 1 saturated heterocycles. The van der Waals surface area contributed by atoms with Gasteiger partial charge in [-0.2, -0.15) is 0 Å². The first-order valence-electron chi connectivity index (χ1n) is 9.03. The summed E-state index contributed by atoms with van der Waals surface area (Å²) in [6.45, 7) is 2.30. The molecule has 5 heteroatoms. The van der Waals surface area contributed by atoms with Crippen LogP contribution in [0.4, 0.5) is 5.95 Å². The van der Waals surface area contributed by atoms with Gasteiger partial charge in [-0.05, 0) is 12.5 Å². The van der Waals surface area contributed by atoms with Crippen LogP contribution in [0.5, 0.6) is 0 Å². The molecule has 26 heavy (non-hydrogen) atoms. The SMILES string of the molecule is CN(CCN1CCCC1=O)c1nc(-c2ccccc2)c2ccccc2n1. The van der Waals surface area contributed by atoms with E-state index in [0.717, 1.165) is 41.7 Å². The predicted octanol–water partition coefficient (Wildman–Crippen LogP) is 3.36. The zero-order valence-electron chi connectivity index (χ0n) is 14.9. The van der Waals surface area contributed by atoms with Crippen molar-refractivity contribution in [1.82, 2.24) is 14.9 Å². The van der Waals surface area contributed by atoms with Gasteiger partial charge in [0.25, 0.3) is 0 Å². The average molecular weight is 346 g/mol. The van der Waals surface area contributed by atoms with Gasteiger partial charge in [-0.1, -0.05) is 48.5 Å². The Morgan fingerprint density at radius 3 is 2.58 bits per heavy atom. The Morgan fingerprint density at radius 2 is 1.81 bits per heavy atom. The Kier molecular flexibility index (Phi) is 4.52. The van der Waals surface area contributed by atoms with Crippen LogP contribution in [0.1, 0.15) is 12.8 Å². The zero-order valence-corrected chi connectivity index (χ0v) is 14.9. The van der Waals surface area contributed by atoms with E-state index in [4.69, 9.17) is 9.97 Å². The van der Waals surface area contributed by atoms with Crippen molar-refractivity contribution < 1.29 is 4.79 Å². The molecule has 1 aliphatic rings. The molecular formula is C21H22N4O. The summed E-state index contributed by atoms with van der Waals surface area (Å²) in [5, 5.41) is 1.05. The minimum absolute atomic E-state index is 0.253. The number of fused-ring (bicyclic) bond motifs is 1. The number of anilines is 1. The third kappa shape index (κ3) is 3.25. The molecule has 0 radical (unpaired) electrons. The molecule has 0 bridgehead atoms. The standard InChI is InChI=1S/C21H22N4O/c1-24(14-15-25-13-7-12-19(25)26)21-22-18-11-6-5-10-17(18)20(23-21)16-8-3-2-4-9-16/h2-6,8-11H,7,12-15H2,1H3. The van der Waals surface area contributed by atoms with Crippen LogP contribution in [0.2, 0.25) is 0 Å². The number of nitrogens with zero attached hydrogens (tertiary/aromatic N) is 4. The molecule has 4 rings (SSSR count). The smallest absolute Gasteiger partial charge is 0.226 e. The van der Waals surface area contributed by atoms with Gasteiger partial charge in [0.15, 0.2) is 0 Å². The van der Waals surface area contributed by atoms with Crippen LogP contribution >= 0.6 is 0 Å². The first kappa shape index (κ1) is 16.5. The number of aromatic nitrogens is 2. The van der Waals surface area contributed by atoms with Gasteiger partial charge in [0, 0.05) is 44.1 Å². The molecular weight excluding hydrogens is 324 g/mol. The lowest BCUT2D eigenvalue weighted by Gasteiger charge is -2.22. The fraction of sp³-hybridized carbons (Fsp3) is 0.286. The monoisotopic (exact) mass is 346 g/mol. The highest BCUT2D eigenvalue weighted by Crippen LogP contribution is 2.27.